The molecule has 8 heteroatoms. The van der Waals surface area contributed by atoms with Crippen LogP contribution in [0.4, 0.5) is 0 Å². The monoisotopic (exact) mass is 523 g/mol. The predicted molar refractivity (Wildman–Crippen MR) is 153 cm³/mol. The summed E-state index contributed by atoms with van der Waals surface area (Å²) < 4.78 is 9.78. The summed E-state index contributed by atoms with van der Waals surface area (Å²) in [6, 6.07) is 20.8. The standard InChI is InChI=1S/C31H33N5O3/c1-5-39-27-16-21(30(32)38)14-15-23(27)31-33-28(29(19(2)3)35(31)4)22-12-9-13-25-24(22)17-36(34-25)18-26(37)20-10-7-6-8-11-20/h6-17,19,26,37H,5,18H2,1-4H3,(H2,32,38). The zero-order valence-electron chi connectivity index (χ0n) is 22.6. The second kappa shape index (κ2) is 10.7. The smallest absolute Gasteiger partial charge is 0.248 e. The molecule has 0 aliphatic carbocycles. The molecule has 5 aromatic rings. The van der Waals surface area contributed by atoms with Crippen LogP contribution in [0.15, 0.2) is 72.9 Å². The topological polar surface area (TPSA) is 108 Å². The fourth-order valence-electron chi connectivity index (χ4n) is 5.10. The predicted octanol–water partition coefficient (Wildman–Crippen LogP) is 5.46. The van der Waals surface area contributed by atoms with E-state index in [1.807, 2.05) is 68.7 Å². The van der Waals surface area contributed by atoms with Crippen LogP contribution < -0.4 is 10.5 Å². The van der Waals surface area contributed by atoms with E-state index in [9.17, 15) is 9.90 Å². The lowest BCUT2D eigenvalue weighted by atomic mass is 10.0. The first-order valence-electron chi connectivity index (χ1n) is 13.1. The second-order valence-corrected chi connectivity index (χ2v) is 9.91. The number of aromatic nitrogens is 4. The zero-order valence-corrected chi connectivity index (χ0v) is 22.6. The summed E-state index contributed by atoms with van der Waals surface area (Å²) in [6.07, 6.45) is 1.31. The number of fused-ring (bicyclic) bond motifs is 1. The van der Waals surface area contributed by atoms with E-state index in [1.165, 1.54) is 0 Å². The molecule has 8 nitrogen and oxygen atoms in total. The zero-order chi connectivity index (χ0) is 27.7. The summed E-state index contributed by atoms with van der Waals surface area (Å²) in [5, 5.41) is 16.5. The Morgan fingerprint density at radius 1 is 1.05 bits per heavy atom. The van der Waals surface area contributed by atoms with Crippen LogP contribution in [0.1, 0.15) is 54.4 Å². The van der Waals surface area contributed by atoms with Crippen LogP contribution in [-0.4, -0.2) is 37.0 Å². The van der Waals surface area contributed by atoms with Crippen molar-refractivity contribution < 1.29 is 14.6 Å². The minimum Gasteiger partial charge on any atom is -0.493 e. The van der Waals surface area contributed by atoms with E-state index in [2.05, 4.69) is 24.5 Å². The van der Waals surface area contributed by atoms with Gasteiger partial charge in [0, 0.05) is 35.5 Å². The van der Waals surface area contributed by atoms with Crippen LogP contribution in [0.3, 0.4) is 0 Å². The number of nitrogens with zero attached hydrogens (tertiary/aromatic N) is 4. The molecule has 0 bridgehead atoms. The van der Waals surface area contributed by atoms with E-state index in [-0.39, 0.29) is 5.92 Å². The Morgan fingerprint density at radius 3 is 2.51 bits per heavy atom. The highest BCUT2D eigenvalue weighted by molar-refractivity contribution is 5.95. The fourth-order valence-corrected chi connectivity index (χ4v) is 5.10. The van der Waals surface area contributed by atoms with Crippen molar-refractivity contribution in [3.63, 3.8) is 0 Å². The first-order valence-corrected chi connectivity index (χ1v) is 13.1. The van der Waals surface area contributed by atoms with Crippen LogP contribution in [0.5, 0.6) is 5.75 Å². The lowest BCUT2D eigenvalue weighted by molar-refractivity contribution is 0.1000. The number of benzene rings is 3. The summed E-state index contributed by atoms with van der Waals surface area (Å²) in [4.78, 5) is 16.9. The molecule has 1 unspecified atom stereocenters. The van der Waals surface area contributed by atoms with E-state index in [4.69, 9.17) is 20.6 Å². The third-order valence-electron chi connectivity index (χ3n) is 6.89. The molecule has 5 rings (SSSR count). The molecule has 0 aliphatic rings. The molecular formula is C31H33N5O3. The van der Waals surface area contributed by atoms with Gasteiger partial charge in [0.15, 0.2) is 0 Å². The molecule has 3 aromatic carbocycles. The van der Waals surface area contributed by atoms with Gasteiger partial charge in [-0.05, 0) is 42.7 Å². The quantitative estimate of drug-likeness (QED) is 0.267. The van der Waals surface area contributed by atoms with Crippen molar-refractivity contribution in [1.82, 2.24) is 19.3 Å². The molecule has 0 saturated heterocycles. The summed E-state index contributed by atoms with van der Waals surface area (Å²) in [7, 11) is 2.00. The number of ether oxygens (including phenoxy) is 1. The van der Waals surface area contributed by atoms with Gasteiger partial charge in [0.25, 0.3) is 0 Å². The molecule has 0 aliphatic heterocycles. The van der Waals surface area contributed by atoms with Gasteiger partial charge in [0.1, 0.15) is 11.6 Å². The lowest BCUT2D eigenvalue weighted by Crippen LogP contribution is -2.11. The van der Waals surface area contributed by atoms with Gasteiger partial charge in [0.05, 0.1) is 36.0 Å². The number of nitrogens with two attached hydrogens (primary N) is 1. The molecule has 39 heavy (non-hydrogen) atoms. The number of imidazole rings is 1. The van der Waals surface area contributed by atoms with Gasteiger partial charge in [-0.2, -0.15) is 5.10 Å². The van der Waals surface area contributed by atoms with E-state index >= 15 is 0 Å². The van der Waals surface area contributed by atoms with Crippen molar-refractivity contribution in [3.8, 4) is 28.4 Å². The molecule has 3 N–H and O–H groups in total. The van der Waals surface area contributed by atoms with Crippen molar-refractivity contribution in [2.24, 2.45) is 12.8 Å². The SMILES string of the molecule is CCOc1cc(C(N)=O)ccc1-c1nc(-c2cccc3nn(CC(O)c4ccccc4)cc23)c(C(C)C)n1C. The summed E-state index contributed by atoms with van der Waals surface area (Å²) in [6.45, 7) is 6.97. The maximum Gasteiger partial charge on any atom is 0.248 e. The summed E-state index contributed by atoms with van der Waals surface area (Å²) in [5.74, 6) is 0.964. The van der Waals surface area contributed by atoms with Crippen LogP contribution in [0.25, 0.3) is 33.5 Å². The number of carbonyl (C=O) groups is 1. The largest absolute Gasteiger partial charge is 0.493 e. The minimum atomic E-state index is -0.669. The average molecular weight is 524 g/mol. The fraction of sp³-hybridized carbons (Fsp3) is 0.258. The Bertz CT molecular complexity index is 1640. The first kappa shape index (κ1) is 26.2. The van der Waals surface area contributed by atoms with Gasteiger partial charge in [-0.25, -0.2) is 4.98 Å². The van der Waals surface area contributed by atoms with Gasteiger partial charge in [-0.15, -0.1) is 0 Å². The number of hydrogen-bond donors (Lipinski definition) is 2. The molecule has 2 aromatic heterocycles. The van der Waals surface area contributed by atoms with Crippen molar-refractivity contribution >= 4 is 16.8 Å². The highest BCUT2D eigenvalue weighted by Crippen LogP contribution is 2.39. The highest BCUT2D eigenvalue weighted by atomic mass is 16.5. The van der Waals surface area contributed by atoms with E-state index in [0.29, 0.717) is 24.5 Å². The van der Waals surface area contributed by atoms with Gasteiger partial charge in [0.2, 0.25) is 5.91 Å². The molecule has 200 valence electrons. The van der Waals surface area contributed by atoms with E-state index in [1.54, 1.807) is 16.8 Å². The lowest BCUT2D eigenvalue weighted by Gasteiger charge is -2.13. The first-order chi connectivity index (χ1) is 18.8. The molecule has 0 spiro atoms. The number of aliphatic hydroxyl groups is 1. The van der Waals surface area contributed by atoms with Gasteiger partial charge in [-0.1, -0.05) is 56.3 Å². The van der Waals surface area contributed by atoms with Gasteiger partial charge < -0.3 is 20.1 Å². The van der Waals surface area contributed by atoms with E-state index < -0.39 is 12.0 Å². The van der Waals surface area contributed by atoms with Crippen LogP contribution in [0, 0.1) is 0 Å². The second-order valence-electron chi connectivity index (χ2n) is 9.91. The molecule has 0 fully saturated rings. The van der Waals surface area contributed by atoms with Crippen molar-refractivity contribution in [1.29, 1.82) is 0 Å². The van der Waals surface area contributed by atoms with Crippen LogP contribution in [0.2, 0.25) is 0 Å². The molecular weight excluding hydrogens is 490 g/mol. The Labute approximate surface area is 227 Å². The number of carbonyl (C=O) groups excluding carboxylic acids is 1. The molecule has 2 heterocycles. The Kier molecular flexibility index (Phi) is 7.21. The summed E-state index contributed by atoms with van der Waals surface area (Å²) in [5.41, 5.74) is 11.3. The number of primary amides is 1. The Hall–Kier alpha value is -4.43. The van der Waals surface area contributed by atoms with Crippen LogP contribution >= 0.6 is 0 Å². The number of amides is 1. The summed E-state index contributed by atoms with van der Waals surface area (Å²) >= 11 is 0. The van der Waals surface area contributed by atoms with Gasteiger partial charge in [-0.3, -0.25) is 9.48 Å². The van der Waals surface area contributed by atoms with Gasteiger partial charge >= 0.3 is 0 Å². The molecule has 1 amide bonds. The Morgan fingerprint density at radius 2 is 1.82 bits per heavy atom. The minimum absolute atomic E-state index is 0.178. The number of hydrogen-bond acceptors (Lipinski definition) is 5. The molecule has 1 atom stereocenters. The third-order valence-corrected chi connectivity index (χ3v) is 6.89. The maximum absolute atomic E-state index is 11.8. The highest BCUT2D eigenvalue weighted by Gasteiger charge is 2.24. The number of rotatable bonds is 9. The average Bonchev–Trinajstić information content (AvgIpc) is 3.49. The van der Waals surface area contributed by atoms with Crippen molar-refractivity contribution in [2.75, 3.05) is 6.61 Å². The van der Waals surface area contributed by atoms with Crippen molar-refractivity contribution in [2.45, 2.75) is 39.3 Å². The third kappa shape index (κ3) is 5.03. The maximum atomic E-state index is 11.8. The number of aliphatic hydroxyl groups excluding tert-OH is 1. The molecule has 0 radical (unpaired) electrons. The van der Waals surface area contributed by atoms with Crippen molar-refractivity contribution in [3.05, 3.63) is 89.7 Å². The van der Waals surface area contributed by atoms with Crippen LogP contribution in [-0.2, 0) is 13.6 Å². The van der Waals surface area contributed by atoms with E-state index in [0.717, 1.165) is 44.8 Å². The molecule has 0 saturated carbocycles. The normalized spacial score (nSPS) is 12.3. The Balaban J connectivity index is 1.61.